The fourth-order valence-electron chi connectivity index (χ4n) is 4.20. The van der Waals surface area contributed by atoms with Crippen molar-refractivity contribution in [3.63, 3.8) is 0 Å². The molecule has 2 heterocycles. The molecular formula is C23H26N2O9. The van der Waals surface area contributed by atoms with E-state index in [0.717, 1.165) is 0 Å². The van der Waals surface area contributed by atoms with E-state index in [-0.39, 0.29) is 32.0 Å². The molecule has 2 aliphatic heterocycles. The second-order valence-corrected chi connectivity index (χ2v) is 7.26. The van der Waals surface area contributed by atoms with Gasteiger partial charge in [-0.15, -0.1) is 0 Å². The van der Waals surface area contributed by atoms with Crippen LogP contribution in [-0.2, 0) is 48.5 Å². The lowest BCUT2D eigenvalue weighted by atomic mass is 9.83. The van der Waals surface area contributed by atoms with E-state index in [4.69, 9.17) is 18.9 Å². The Morgan fingerprint density at radius 2 is 1.26 bits per heavy atom. The number of para-hydroxylation sites is 1. The molecule has 182 valence electrons. The summed E-state index contributed by atoms with van der Waals surface area (Å²) < 4.78 is 20.6. The van der Waals surface area contributed by atoms with Crippen molar-refractivity contribution in [2.45, 2.75) is 38.8 Å². The van der Waals surface area contributed by atoms with E-state index in [9.17, 15) is 24.0 Å². The average molecular weight is 474 g/mol. The molecule has 0 bridgehead atoms. The maximum atomic E-state index is 13.5. The molecule has 11 heteroatoms. The summed E-state index contributed by atoms with van der Waals surface area (Å²) in [4.78, 5) is 66.8. The van der Waals surface area contributed by atoms with Crippen LogP contribution in [-0.4, -0.2) is 61.8 Å². The van der Waals surface area contributed by atoms with Gasteiger partial charge in [-0.05, 0) is 33.8 Å². The first-order chi connectivity index (χ1) is 16.3. The number of fused-ring (bicyclic) bond motifs is 2. The minimum atomic E-state index is -2.67. The van der Waals surface area contributed by atoms with Gasteiger partial charge in [0.25, 0.3) is 5.91 Å². The summed E-state index contributed by atoms with van der Waals surface area (Å²) in [7, 11) is 0. The zero-order chi connectivity index (χ0) is 25.1. The van der Waals surface area contributed by atoms with Crippen LogP contribution >= 0.6 is 0 Å². The predicted octanol–water partition coefficient (Wildman–Crippen LogP) is 0.725. The van der Waals surface area contributed by atoms with Gasteiger partial charge in [-0.25, -0.2) is 19.2 Å². The topological polar surface area (TPSA) is 146 Å². The molecule has 2 aliphatic rings. The van der Waals surface area contributed by atoms with E-state index in [0.29, 0.717) is 5.69 Å². The number of hydrogen-bond acceptors (Lipinski definition) is 10. The molecule has 0 fully saturated rings. The Morgan fingerprint density at radius 1 is 0.765 bits per heavy atom. The second kappa shape index (κ2) is 9.64. The number of rotatable bonds is 8. The van der Waals surface area contributed by atoms with E-state index < -0.39 is 52.0 Å². The lowest BCUT2D eigenvalue weighted by Gasteiger charge is -2.31. The SMILES string of the molecule is CCOC(=O)C1=C(C(=O)OCC)[C@]2(NC1(C(=O)OCC)C(=O)OCC)C(=O)Nc1ccccc12. The van der Waals surface area contributed by atoms with E-state index in [2.05, 4.69) is 10.6 Å². The third kappa shape index (κ3) is 3.52. The van der Waals surface area contributed by atoms with Crippen LogP contribution in [0.5, 0.6) is 0 Å². The van der Waals surface area contributed by atoms with Crippen LogP contribution in [0, 0.1) is 0 Å². The van der Waals surface area contributed by atoms with Crippen molar-refractivity contribution < 1.29 is 42.9 Å². The monoisotopic (exact) mass is 474 g/mol. The Hall–Kier alpha value is -3.73. The number of hydrogen-bond donors (Lipinski definition) is 2. The average Bonchev–Trinajstić information content (AvgIpc) is 3.28. The molecule has 0 aliphatic carbocycles. The molecule has 0 unspecified atom stereocenters. The number of ether oxygens (including phenoxy) is 4. The summed E-state index contributed by atoms with van der Waals surface area (Å²) in [6.07, 6.45) is 0. The molecule has 1 spiro atoms. The van der Waals surface area contributed by atoms with Crippen LogP contribution in [0.15, 0.2) is 35.4 Å². The van der Waals surface area contributed by atoms with Gasteiger partial charge < -0.3 is 24.3 Å². The number of esters is 4. The first-order valence-electron chi connectivity index (χ1n) is 10.9. The van der Waals surface area contributed by atoms with Crippen molar-refractivity contribution in [1.29, 1.82) is 0 Å². The Morgan fingerprint density at radius 3 is 1.79 bits per heavy atom. The van der Waals surface area contributed by atoms with E-state index in [1.807, 2.05) is 0 Å². The molecule has 1 atom stereocenters. The highest BCUT2D eigenvalue weighted by Crippen LogP contribution is 2.50. The summed E-state index contributed by atoms with van der Waals surface area (Å²) in [6, 6.07) is 6.35. The molecule has 3 rings (SSSR count). The zero-order valence-corrected chi connectivity index (χ0v) is 19.3. The fraction of sp³-hybridized carbons (Fsp3) is 0.435. The molecule has 0 saturated heterocycles. The minimum absolute atomic E-state index is 0.108. The van der Waals surface area contributed by atoms with E-state index in [1.165, 1.54) is 33.8 Å². The van der Waals surface area contributed by atoms with Crippen molar-refractivity contribution in [2.24, 2.45) is 0 Å². The zero-order valence-electron chi connectivity index (χ0n) is 19.3. The van der Waals surface area contributed by atoms with Crippen LogP contribution in [0.4, 0.5) is 5.69 Å². The smallest absolute Gasteiger partial charge is 0.343 e. The van der Waals surface area contributed by atoms with Crippen LogP contribution in [0.1, 0.15) is 33.3 Å². The second-order valence-electron chi connectivity index (χ2n) is 7.26. The third-order valence-corrected chi connectivity index (χ3v) is 5.42. The summed E-state index contributed by atoms with van der Waals surface area (Å²) in [5.74, 6) is -5.51. The Kier molecular flexibility index (Phi) is 7.06. The predicted molar refractivity (Wildman–Crippen MR) is 116 cm³/mol. The van der Waals surface area contributed by atoms with Gasteiger partial charge in [0.15, 0.2) is 5.54 Å². The number of nitrogens with one attached hydrogen (secondary N) is 2. The van der Waals surface area contributed by atoms with Gasteiger partial charge in [0.1, 0.15) is 0 Å². The van der Waals surface area contributed by atoms with Gasteiger partial charge in [-0.1, -0.05) is 18.2 Å². The number of carbonyl (C=O) groups is 5. The van der Waals surface area contributed by atoms with Crippen molar-refractivity contribution in [2.75, 3.05) is 31.7 Å². The molecule has 0 aromatic heterocycles. The van der Waals surface area contributed by atoms with Gasteiger partial charge in [0, 0.05) is 11.3 Å². The quantitative estimate of drug-likeness (QED) is 0.314. The number of amides is 1. The summed E-state index contributed by atoms with van der Waals surface area (Å²) in [6.45, 7) is 5.46. The Bertz CT molecular complexity index is 1060. The standard InChI is InChI=1S/C23H26N2O9/c1-5-31-17(26)15-16(18(27)32-6-2)23(20(29)33-7-3,21(30)34-8-4)25-22(15)13-11-9-10-12-14(13)24-19(22)28/h9-12,25H,5-8H2,1-4H3,(H,24,28)/t22-/m0/s1. The normalized spacial score (nSPS) is 19.9. The molecular weight excluding hydrogens is 448 g/mol. The first kappa shape index (κ1) is 24.9. The van der Waals surface area contributed by atoms with E-state index >= 15 is 0 Å². The Balaban J connectivity index is 2.48. The molecule has 1 aromatic rings. The molecule has 1 amide bonds. The third-order valence-electron chi connectivity index (χ3n) is 5.42. The van der Waals surface area contributed by atoms with Crippen LogP contribution < -0.4 is 10.6 Å². The van der Waals surface area contributed by atoms with Crippen LogP contribution in [0.3, 0.4) is 0 Å². The first-order valence-corrected chi connectivity index (χ1v) is 10.9. The summed E-state index contributed by atoms with van der Waals surface area (Å²) in [5.41, 5.74) is -5.54. The largest absolute Gasteiger partial charge is 0.464 e. The van der Waals surface area contributed by atoms with Gasteiger partial charge in [0.05, 0.1) is 37.6 Å². The van der Waals surface area contributed by atoms with Crippen LogP contribution in [0.2, 0.25) is 0 Å². The van der Waals surface area contributed by atoms with Gasteiger partial charge >= 0.3 is 23.9 Å². The summed E-state index contributed by atoms with van der Waals surface area (Å²) >= 11 is 0. The molecule has 34 heavy (non-hydrogen) atoms. The van der Waals surface area contributed by atoms with Crippen molar-refractivity contribution in [3.8, 4) is 0 Å². The Labute approximate surface area is 195 Å². The number of anilines is 1. The van der Waals surface area contributed by atoms with Crippen LogP contribution in [0.25, 0.3) is 0 Å². The highest BCUT2D eigenvalue weighted by Gasteiger charge is 2.72. The fourth-order valence-corrected chi connectivity index (χ4v) is 4.20. The molecule has 0 radical (unpaired) electrons. The lowest BCUT2D eigenvalue weighted by molar-refractivity contribution is -0.166. The molecule has 11 nitrogen and oxygen atoms in total. The van der Waals surface area contributed by atoms with E-state index in [1.54, 1.807) is 18.2 Å². The maximum Gasteiger partial charge on any atom is 0.343 e. The van der Waals surface area contributed by atoms with Crippen molar-refractivity contribution in [3.05, 3.63) is 41.0 Å². The number of carbonyl (C=O) groups excluding carboxylic acids is 5. The number of benzene rings is 1. The van der Waals surface area contributed by atoms with Crippen molar-refractivity contribution in [1.82, 2.24) is 5.32 Å². The summed E-state index contributed by atoms with van der Waals surface area (Å²) in [5, 5.41) is 5.33. The minimum Gasteiger partial charge on any atom is -0.464 e. The highest BCUT2D eigenvalue weighted by molar-refractivity contribution is 6.26. The highest BCUT2D eigenvalue weighted by atomic mass is 16.6. The van der Waals surface area contributed by atoms with Gasteiger partial charge in [-0.3, -0.25) is 10.1 Å². The maximum absolute atomic E-state index is 13.5. The molecule has 2 N–H and O–H groups in total. The van der Waals surface area contributed by atoms with Gasteiger partial charge in [-0.2, -0.15) is 0 Å². The molecule has 1 aromatic carbocycles. The van der Waals surface area contributed by atoms with Gasteiger partial charge in [0.2, 0.25) is 5.54 Å². The molecule has 0 saturated carbocycles. The lowest BCUT2D eigenvalue weighted by Crippen LogP contribution is -2.64. The van der Waals surface area contributed by atoms with Crippen molar-refractivity contribution >= 4 is 35.5 Å².